The highest BCUT2D eigenvalue weighted by atomic mass is 19.4. The van der Waals surface area contributed by atoms with Crippen molar-refractivity contribution in [3.63, 3.8) is 0 Å². The van der Waals surface area contributed by atoms with Crippen LogP contribution >= 0.6 is 0 Å². The number of likely N-dealkylation sites (tertiary alicyclic amines) is 1. The Bertz CT molecular complexity index is 843. The van der Waals surface area contributed by atoms with Crippen LogP contribution in [-0.4, -0.2) is 77.2 Å². The molecule has 33 heavy (non-hydrogen) atoms. The molecule has 1 N–H and O–H groups in total. The molecule has 186 valence electrons. The lowest BCUT2D eigenvalue weighted by Crippen LogP contribution is -2.62. The van der Waals surface area contributed by atoms with Gasteiger partial charge < -0.3 is 19.5 Å². The molecule has 0 aromatic heterocycles. The van der Waals surface area contributed by atoms with Gasteiger partial charge in [0.15, 0.2) is 0 Å². The summed E-state index contributed by atoms with van der Waals surface area (Å²) >= 11 is 0. The van der Waals surface area contributed by atoms with E-state index in [9.17, 15) is 23.1 Å². The van der Waals surface area contributed by atoms with Gasteiger partial charge in [0.1, 0.15) is 12.5 Å². The molecule has 2 fully saturated rings. The van der Waals surface area contributed by atoms with Crippen molar-refractivity contribution in [2.75, 3.05) is 32.9 Å². The molecule has 1 spiro atoms. The first-order valence-corrected chi connectivity index (χ1v) is 11.4. The third-order valence-corrected chi connectivity index (χ3v) is 6.45. The predicted molar refractivity (Wildman–Crippen MR) is 118 cm³/mol. The molecule has 2 saturated heterocycles. The summed E-state index contributed by atoms with van der Waals surface area (Å²) in [6, 6.07) is 5.27. The third kappa shape index (κ3) is 6.61. The minimum Gasteiger partial charge on any atom is -0.491 e. The standard InChI is InChI=1S/C24H35F3N2O4/c1-16(2)33-20-7-6-18(10-17(20)3)21(30)29-9-8-23(32-15-29)11-19(22(4,5)31)12-28(13-23)14-24(25,26)27/h6-7,10,16,19,31H,8-9,11-15H2,1-5H3. The van der Waals surface area contributed by atoms with Gasteiger partial charge in [-0.25, -0.2) is 0 Å². The highest BCUT2D eigenvalue weighted by Gasteiger charge is 2.49. The Morgan fingerprint density at radius 2 is 2.03 bits per heavy atom. The number of piperidine rings is 1. The van der Waals surface area contributed by atoms with Gasteiger partial charge >= 0.3 is 6.18 Å². The first kappa shape index (κ1) is 25.8. The van der Waals surface area contributed by atoms with E-state index in [1.54, 1.807) is 36.9 Å². The van der Waals surface area contributed by atoms with Gasteiger partial charge in [0.05, 0.1) is 23.9 Å². The van der Waals surface area contributed by atoms with E-state index >= 15 is 0 Å². The molecule has 1 aromatic carbocycles. The van der Waals surface area contributed by atoms with Crippen LogP contribution in [0.25, 0.3) is 0 Å². The number of nitrogens with zero attached hydrogens (tertiary/aromatic N) is 2. The average molecular weight is 473 g/mol. The van der Waals surface area contributed by atoms with Gasteiger partial charge in [0.2, 0.25) is 0 Å². The zero-order valence-electron chi connectivity index (χ0n) is 20.0. The van der Waals surface area contributed by atoms with E-state index < -0.39 is 23.9 Å². The maximum absolute atomic E-state index is 13.1. The second-order valence-electron chi connectivity index (χ2n) is 10.3. The minimum atomic E-state index is -4.33. The molecular weight excluding hydrogens is 437 g/mol. The van der Waals surface area contributed by atoms with Crippen LogP contribution in [0, 0.1) is 12.8 Å². The van der Waals surface area contributed by atoms with Crippen LogP contribution in [-0.2, 0) is 4.74 Å². The van der Waals surface area contributed by atoms with E-state index in [1.165, 1.54) is 4.90 Å². The van der Waals surface area contributed by atoms with E-state index in [0.29, 0.717) is 24.9 Å². The predicted octanol–water partition coefficient (Wildman–Crippen LogP) is 4.00. The van der Waals surface area contributed by atoms with E-state index in [-0.39, 0.29) is 37.7 Å². The zero-order chi connectivity index (χ0) is 24.6. The second-order valence-corrected chi connectivity index (χ2v) is 10.3. The monoisotopic (exact) mass is 472 g/mol. The Kier molecular flexibility index (Phi) is 7.36. The third-order valence-electron chi connectivity index (χ3n) is 6.45. The fraction of sp³-hybridized carbons (Fsp3) is 0.708. The van der Waals surface area contributed by atoms with Crippen molar-refractivity contribution >= 4 is 5.91 Å². The zero-order valence-corrected chi connectivity index (χ0v) is 20.0. The van der Waals surface area contributed by atoms with Crippen LogP contribution in [0.1, 0.15) is 56.5 Å². The summed E-state index contributed by atoms with van der Waals surface area (Å²) in [7, 11) is 0. The van der Waals surface area contributed by atoms with Gasteiger partial charge in [-0.15, -0.1) is 0 Å². The van der Waals surface area contributed by atoms with Gasteiger partial charge in [-0.05, 0) is 71.2 Å². The number of aryl methyl sites for hydroxylation is 1. The molecule has 6 nitrogen and oxygen atoms in total. The first-order valence-electron chi connectivity index (χ1n) is 11.4. The van der Waals surface area contributed by atoms with E-state index in [1.807, 2.05) is 20.8 Å². The van der Waals surface area contributed by atoms with Crippen LogP contribution in [0.2, 0.25) is 0 Å². The fourth-order valence-corrected chi connectivity index (χ4v) is 4.70. The van der Waals surface area contributed by atoms with Crippen molar-refractivity contribution in [3.05, 3.63) is 29.3 Å². The fourth-order valence-electron chi connectivity index (χ4n) is 4.70. The molecule has 3 rings (SSSR count). The van der Waals surface area contributed by atoms with Gasteiger partial charge in [-0.3, -0.25) is 9.69 Å². The van der Waals surface area contributed by atoms with Crippen LogP contribution in [0.5, 0.6) is 5.75 Å². The number of carbonyl (C=O) groups is 1. The summed E-state index contributed by atoms with van der Waals surface area (Å²) in [6.07, 6.45) is -3.44. The lowest BCUT2D eigenvalue weighted by molar-refractivity contribution is -0.202. The molecule has 2 aliphatic heterocycles. The van der Waals surface area contributed by atoms with Crippen molar-refractivity contribution in [3.8, 4) is 5.75 Å². The summed E-state index contributed by atoms with van der Waals surface area (Å²) in [5, 5.41) is 10.5. The molecule has 0 bridgehead atoms. The van der Waals surface area contributed by atoms with Gasteiger partial charge in [-0.2, -0.15) is 13.2 Å². The molecule has 2 heterocycles. The Hall–Kier alpha value is -1.84. The van der Waals surface area contributed by atoms with Gasteiger partial charge in [0, 0.05) is 31.1 Å². The topological polar surface area (TPSA) is 62.2 Å². The quantitative estimate of drug-likeness (QED) is 0.702. The summed E-state index contributed by atoms with van der Waals surface area (Å²) in [4.78, 5) is 15.9. The number of hydrogen-bond donors (Lipinski definition) is 1. The molecule has 1 amide bonds. The number of rotatable bonds is 5. The summed E-state index contributed by atoms with van der Waals surface area (Å²) in [6.45, 7) is 8.60. The van der Waals surface area contributed by atoms with Crippen LogP contribution in [0.4, 0.5) is 13.2 Å². The Labute approximate surface area is 193 Å². The second kappa shape index (κ2) is 9.43. The number of ether oxygens (including phenoxy) is 2. The smallest absolute Gasteiger partial charge is 0.401 e. The van der Waals surface area contributed by atoms with Crippen LogP contribution < -0.4 is 4.74 Å². The number of benzene rings is 1. The number of halogens is 3. The van der Waals surface area contributed by atoms with E-state index in [2.05, 4.69) is 0 Å². The summed E-state index contributed by atoms with van der Waals surface area (Å²) < 4.78 is 51.1. The SMILES string of the molecule is Cc1cc(C(=O)N2CCC3(CC(C(C)(C)O)CN(CC(F)(F)F)C3)OC2)ccc1OC(C)C. The number of amides is 1. The van der Waals surface area contributed by atoms with E-state index in [0.717, 1.165) is 11.3 Å². The van der Waals surface area contributed by atoms with Crippen molar-refractivity contribution in [1.82, 2.24) is 9.80 Å². The largest absolute Gasteiger partial charge is 0.491 e. The Morgan fingerprint density at radius 1 is 1.33 bits per heavy atom. The van der Waals surface area contributed by atoms with Crippen LogP contribution in [0.15, 0.2) is 18.2 Å². The molecule has 2 aliphatic rings. The van der Waals surface area contributed by atoms with Gasteiger partial charge in [0.25, 0.3) is 5.91 Å². The Morgan fingerprint density at radius 3 is 2.55 bits per heavy atom. The number of alkyl halides is 3. The van der Waals surface area contributed by atoms with Crippen molar-refractivity contribution in [1.29, 1.82) is 0 Å². The molecule has 0 radical (unpaired) electrons. The molecule has 0 saturated carbocycles. The first-order chi connectivity index (χ1) is 15.2. The molecule has 2 unspecified atom stereocenters. The van der Waals surface area contributed by atoms with Crippen molar-refractivity contribution < 1.29 is 32.5 Å². The molecule has 0 aliphatic carbocycles. The Balaban J connectivity index is 1.70. The maximum Gasteiger partial charge on any atom is 0.401 e. The lowest BCUT2D eigenvalue weighted by Gasteiger charge is -2.51. The van der Waals surface area contributed by atoms with Crippen LogP contribution in [0.3, 0.4) is 0 Å². The lowest BCUT2D eigenvalue weighted by atomic mass is 9.75. The summed E-state index contributed by atoms with van der Waals surface area (Å²) in [5.74, 6) is 0.165. The normalized spacial score (nSPS) is 25.0. The number of hydrogen-bond acceptors (Lipinski definition) is 5. The van der Waals surface area contributed by atoms with Crippen molar-refractivity contribution in [2.24, 2.45) is 5.92 Å². The summed E-state index contributed by atoms with van der Waals surface area (Å²) in [5.41, 5.74) is -0.590. The van der Waals surface area contributed by atoms with E-state index in [4.69, 9.17) is 9.47 Å². The molecule has 1 aromatic rings. The number of aliphatic hydroxyl groups is 1. The van der Waals surface area contributed by atoms with Crippen molar-refractivity contribution in [2.45, 2.75) is 70.9 Å². The average Bonchev–Trinajstić information content (AvgIpc) is 2.67. The highest BCUT2D eigenvalue weighted by molar-refractivity contribution is 5.94. The molecule has 2 atom stereocenters. The maximum atomic E-state index is 13.1. The minimum absolute atomic E-state index is 0.000557. The number of carbonyl (C=O) groups excluding carboxylic acids is 1. The molecular formula is C24H35F3N2O4. The highest BCUT2D eigenvalue weighted by Crippen LogP contribution is 2.39. The van der Waals surface area contributed by atoms with Gasteiger partial charge in [-0.1, -0.05) is 0 Å². The molecule has 9 heteroatoms.